The van der Waals surface area contributed by atoms with E-state index in [0.29, 0.717) is 11.3 Å². The van der Waals surface area contributed by atoms with Crippen LogP contribution in [0.15, 0.2) is 12.1 Å². The molecule has 2 rings (SSSR count). The molecule has 14 heavy (non-hydrogen) atoms. The van der Waals surface area contributed by atoms with Crippen LogP contribution in [0.4, 0.5) is 8.78 Å². The molecule has 0 saturated heterocycles. The van der Waals surface area contributed by atoms with Gasteiger partial charge in [-0.25, -0.2) is 13.8 Å². The number of aromatic nitrogens is 2. The summed E-state index contributed by atoms with van der Waals surface area (Å²) in [6.07, 6.45) is 0. The molecule has 0 unspecified atom stereocenters. The number of hydrogen-bond acceptors (Lipinski definition) is 2. The number of ether oxygens (including phenoxy) is 1. The first-order chi connectivity index (χ1) is 6.72. The van der Waals surface area contributed by atoms with E-state index in [0.717, 1.165) is 6.07 Å². The lowest BCUT2D eigenvalue weighted by atomic mass is 10.3. The van der Waals surface area contributed by atoms with Crippen LogP contribution in [-0.2, 0) is 11.3 Å². The van der Waals surface area contributed by atoms with Gasteiger partial charge >= 0.3 is 0 Å². The van der Waals surface area contributed by atoms with E-state index in [1.165, 1.54) is 13.2 Å². The van der Waals surface area contributed by atoms with Crippen molar-refractivity contribution in [1.29, 1.82) is 0 Å². The molecule has 1 aromatic heterocycles. The summed E-state index contributed by atoms with van der Waals surface area (Å²) in [4.78, 5) is 6.69. The Bertz CT molecular complexity index is 467. The predicted octanol–water partition coefficient (Wildman–Crippen LogP) is 1.99. The van der Waals surface area contributed by atoms with Gasteiger partial charge in [0.1, 0.15) is 17.9 Å². The number of rotatable bonds is 2. The minimum absolute atomic E-state index is 0.0112. The summed E-state index contributed by atoms with van der Waals surface area (Å²) in [5.41, 5.74) is 0.480. The van der Waals surface area contributed by atoms with Crippen LogP contribution in [0, 0.1) is 11.6 Å². The molecule has 0 saturated carbocycles. The van der Waals surface area contributed by atoms with Crippen molar-refractivity contribution in [1.82, 2.24) is 9.97 Å². The number of methoxy groups -OCH3 is 1. The number of nitrogens with zero attached hydrogens (tertiary/aromatic N) is 1. The Hall–Kier alpha value is -1.49. The van der Waals surface area contributed by atoms with Crippen LogP contribution in [0.3, 0.4) is 0 Å². The Morgan fingerprint density at radius 1 is 1.43 bits per heavy atom. The molecule has 3 nitrogen and oxygen atoms in total. The second-order valence-corrected chi connectivity index (χ2v) is 2.87. The first-order valence-corrected chi connectivity index (χ1v) is 4.04. The average Bonchev–Trinajstić information content (AvgIpc) is 2.56. The number of halogens is 2. The minimum Gasteiger partial charge on any atom is -0.377 e. The smallest absolute Gasteiger partial charge is 0.186 e. The van der Waals surface area contributed by atoms with Gasteiger partial charge in [-0.3, -0.25) is 0 Å². The first kappa shape index (κ1) is 9.08. The van der Waals surface area contributed by atoms with Crippen LogP contribution >= 0.6 is 0 Å². The average molecular weight is 198 g/mol. The summed E-state index contributed by atoms with van der Waals surface area (Å²) in [5.74, 6) is -1.35. The number of aromatic amines is 1. The van der Waals surface area contributed by atoms with Gasteiger partial charge in [0.25, 0.3) is 0 Å². The summed E-state index contributed by atoms with van der Waals surface area (Å²) in [5, 5.41) is 0. The van der Waals surface area contributed by atoms with Gasteiger partial charge in [0, 0.05) is 7.11 Å². The number of benzene rings is 1. The normalized spacial score (nSPS) is 11.1. The van der Waals surface area contributed by atoms with Crippen LogP contribution in [-0.4, -0.2) is 17.1 Å². The van der Waals surface area contributed by atoms with Gasteiger partial charge in [-0.15, -0.1) is 0 Å². The van der Waals surface area contributed by atoms with Crippen molar-refractivity contribution >= 4 is 11.0 Å². The Morgan fingerprint density at radius 3 is 2.93 bits per heavy atom. The molecule has 0 aliphatic carbocycles. The molecule has 5 heteroatoms. The van der Waals surface area contributed by atoms with Gasteiger partial charge < -0.3 is 9.72 Å². The second-order valence-electron chi connectivity index (χ2n) is 2.87. The van der Waals surface area contributed by atoms with Crippen LogP contribution in [0.2, 0.25) is 0 Å². The Labute approximate surface area is 78.7 Å². The third-order valence-electron chi connectivity index (χ3n) is 1.88. The zero-order valence-electron chi connectivity index (χ0n) is 7.47. The van der Waals surface area contributed by atoms with E-state index in [2.05, 4.69) is 9.97 Å². The van der Waals surface area contributed by atoms with E-state index in [-0.39, 0.29) is 12.1 Å². The van der Waals surface area contributed by atoms with Crippen molar-refractivity contribution < 1.29 is 13.5 Å². The fraction of sp³-hybridized carbons (Fsp3) is 0.222. The summed E-state index contributed by atoms with van der Waals surface area (Å²) in [6.45, 7) is 0.246. The lowest BCUT2D eigenvalue weighted by Crippen LogP contribution is -1.89. The molecule has 1 N–H and O–H groups in total. The van der Waals surface area contributed by atoms with Crippen molar-refractivity contribution in [2.24, 2.45) is 0 Å². The van der Waals surface area contributed by atoms with Crippen LogP contribution in [0.5, 0.6) is 0 Å². The number of nitrogens with one attached hydrogen (secondary N) is 1. The molecule has 0 aliphatic rings. The van der Waals surface area contributed by atoms with Gasteiger partial charge in [-0.05, 0) is 12.1 Å². The quantitative estimate of drug-likeness (QED) is 0.801. The number of imidazole rings is 1. The molecule has 0 atom stereocenters. The van der Waals surface area contributed by atoms with Crippen molar-refractivity contribution in [3.8, 4) is 0 Å². The number of fused-ring (bicyclic) bond motifs is 1. The zero-order valence-corrected chi connectivity index (χ0v) is 7.47. The molecule has 0 spiro atoms. The molecular formula is C9H8F2N2O. The maximum absolute atomic E-state index is 13.2. The molecule has 0 radical (unpaired) electrons. The molecule has 0 bridgehead atoms. The zero-order chi connectivity index (χ0) is 10.1. The van der Waals surface area contributed by atoms with Crippen LogP contribution in [0.25, 0.3) is 11.0 Å². The van der Waals surface area contributed by atoms with E-state index in [1.54, 1.807) is 0 Å². The van der Waals surface area contributed by atoms with Crippen molar-refractivity contribution in [2.75, 3.05) is 7.11 Å². The molecular weight excluding hydrogens is 190 g/mol. The van der Waals surface area contributed by atoms with Crippen LogP contribution < -0.4 is 0 Å². The highest BCUT2D eigenvalue weighted by atomic mass is 19.2. The fourth-order valence-electron chi connectivity index (χ4n) is 1.27. The molecule has 0 fully saturated rings. The molecule has 1 heterocycles. The molecule has 2 aromatic rings. The topological polar surface area (TPSA) is 37.9 Å². The number of H-pyrrole nitrogens is 1. The Morgan fingerprint density at radius 2 is 2.21 bits per heavy atom. The van der Waals surface area contributed by atoms with Crippen molar-refractivity contribution in [3.63, 3.8) is 0 Å². The molecule has 0 aliphatic heterocycles. The highest BCUT2D eigenvalue weighted by Gasteiger charge is 2.11. The van der Waals surface area contributed by atoms with Crippen molar-refractivity contribution in [2.45, 2.75) is 6.61 Å². The molecule has 74 valence electrons. The van der Waals surface area contributed by atoms with Crippen molar-refractivity contribution in [3.05, 3.63) is 29.6 Å². The van der Waals surface area contributed by atoms with Gasteiger partial charge in [0.05, 0.1) is 5.52 Å². The standard InChI is InChI=1S/C9H8F2N2O/c1-14-4-7-12-6-3-2-5(10)8(11)9(6)13-7/h2-3H,4H2,1H3,(H,12,13). The third-order valence-corrected chi connectivity index (χ3v) is 1.88. The maximum atomic E-state index is 13.2. The van der Waals surface area contributed by atoms with E-state index in [4.69, 9.17) is 4.74 Å². The van der Waals surface area contributed by atoms with E-state index in [9.17, 15) is 8.78 Å². The van der Waals surface area contributed by atoms with Gasteiger partial charge in [-0.1, -0.05) is 0 Å². The predicted molar refractivity (Wildman–Crippen MR) is 46.7 cm³/mol. The minimum atomic E-state index is -0.930. The molecule has 0 amide bonds. The first-order valence-electron chi connectivity index (χ1n) is 4.04. The second kappa shape index (κ2) is 3.34. The summed E-state index contributed by atoms with van der Waals surface area (Å²) in [7, 11) is 1.50. The summed E-state index contributed by atoms with van der Waals surface area (Å²) in [6, 6.07) is 2.51. The van der Waals surface area contributed by atoms with E-state index >= 15 is 0 Å². The largest absolute Gasteiger partial charge is 0.377 e. The highest BCUT2D eigenvalue weighted by molar-refractivity contribution is 5.75. The molecule has 1 aromatic carbocycles. The SMILES string of the molecule is COCc1nc2c(F)c(F)ccc2[nH]1. The summed E-state index contributed by atoms with van der Waals surface area (Å²) >= 11 is 0. The highest BCUT2D eigenvalue weighted by Crippen LogP contribution is 2.18. The van der Waals surface area contributed by atoms with Gasteiger partial charge in [-0.2, -0.15) is 0 Å². The fourth-order valence-corrected chi connectivity index (χ4v) is 1.27. The van der Waals surface area contributed by atoms with E-state index < -0.39 is 11.6 Å². The maximum Gasteiger partial charge on any atom is 0.186 e. The van der Waals surface area contributed by atoms with Crippen LogP contribution in [0.1, 0.15) is 5.82 Å². The third kappa shape index (κ3) is 1.35. The van der Waals surface area contributed by atoms with E-state index in [1.807, 2.05) is 0 Å². The Kier molecular flexibility index (Phi) is 2.17. The summed E-state index contributed by atoms with van der Waals surface area (Å²) < 4.78 is 30.8. The lowest BCUT2D eigenvalue weighted by Gasteiger charge is -1.91. The monoisotopic (exact) mass is 198 g/mol. The lowest BCUT2D eigenvalue weighted by molar-refractivity contribution is 0.179. The Balaban J connectivity index is 2.59. The number of hydrogen-bond donors (Lipinski definition) is 1. The van der Waals surface area contributed by atoms with Gasteiger partial charge in [0.2, 0.25) is 0 Å². The van der Waals surface area contributed by atoms with Gasteiger partial charge in [0.15, 0.2) is 11.6 Å².